The Kier molecular flexibility index (Phi) is 4.18. The van der Waals surface area contributed by atoms with Gasteiger partial charge in [-0.1, -0.05) is 11.6 Å². The van der Waals surface area contributed by atoms with Crippen LogP contribution in [0, 0.1) is 5.92 Å². The van der Waals surface area contributed by atoms with Crippen LogP contribution in [-0.4, -0.2) is 39.7 Å². The summed E-state index contributed by atoms with van der Waals surface area (Å²) in [5.41, 5.74) is 7.19. The highest BCUT2D eigenvalue weighted by atomic mass is 35.5. The standard InChI is InChI=1S/C16H19ClN4O/c1-11-6-12(7-18)9-20(11)16(22)13-8-19-21(10-13)15-4-2-14(17)3-5-15/h2-5,8,10-12H,6-7,9,18H2,1H3. The molecule has 0 aliphatic carbocycles. The van der Waals surface area contributed by atoms with Crippen molar-refractivity contribution in [1.29, 1.82) is 0 Å². The highest BCUT2D eigenvalue weighted by molar-refractivity contribution is 6.30. The van der Waals surface area contributed by atoms with E-state index in [1.807, 2.05) is 17.0 Å². The molecule has 1 saturated heterocycles. The third-order valence-electron chi connectivity index (χ3n) is 4.18. The quantitative estimate of drug-likeness (QED) is 0.944. The third kappa shape index (κ3) is 2.87. The summed E-state index contributed by atoms with van der Waals surface area (Å²) in [4.78, 5) is 14.5. The van der Waals surface area contributed by atoms with Crippen LogP contribution in [0.5, 0.6) is 0 Å². The zero-order valence-corrected chi connectivity index (χ0v) is 13.2. The molecule has 0 bridgehead atoms. The maximum atomic E-state index is 12.6. The van der Waals surface area contributed by atoms with E-state index in [0.717, 1.165) is 18.7 Å². The summed E-state index contributed by atoms with van der Waals surface area (Å²) in [5, 5.41) is 4.95. The van der Waals surface area contributed by atoms with Gasteiger partial charge in [-0.05, 0) is 50.1 Å². The Morgan fingerprint density at radius 1 is 1.41 bits per heavy atom. The van der Waals surface area contributed by atoms with E-state index in [9.17, 15) is 4.79 Å². The number of hydrogen-bond donors (Lipinski definition) is 1. The number of amides is 1. The number of nitrogens with zero attached hydrogens (tertiary/aromatic N) is 3. The van der Waals surface area contributed by atoms with E-state index < -0.39 is 0 Å². The van der Waals surface area contributed by atoms with Gasteiger partial charge in [0.1, 0.15) is 0 Å². The smallest absolute Gasteiger partial charge is 0.257 e. The molecule has 116 valence electrons. The summed E-state index contributed by atoms with van der Waals surface area (Å²) in [7, 11) is 0. The van der Waals surface area contributed by atoms with Crippen molar-refractivity contribution in [3.8, 4) is 5.69 Å². The fourth-order valence-electron chi connectivity index (χ4n) is 2.93. The van der Waals surface area contributed by atoms with Gasteiger partial charge in [0.15, 0.2) is 0 Å². The van der Waals surface area contributed by atoms with Gasteiger partial charge < -0.3 is 10.6 Å². The highest BCUT2D eigenvalue weighted by Crippen LogP contribution is 2.24. The Balaban J connectivity index is 1.79. The molecule has 3 rings (SSSR count). The summed E-state index contributed by atoms with van der Waals surface area (Å²) in [6.07, 6.45) is 4.33. The normalized spacial score (nSPS) is 21.3. The summed E-state index contributed by atoms with van der Waals surface area (Å²) >= 11 is 5.88. The van der Waals surface area contributed by atoms with Crippen LogP contribution >= 0.6 is 11.6 Å². The molecule has 1 amide bonds. The van der Waals surface area contributed by atoms with E-state index in [1.54, 1.807) is 29.2 Å². The van der Waals surface area contributed by atoms with Crippen LogP contribution in [0.15, 0.2) is 36.7 Å². The number of hydrogen-bond acceptors (Lipinski definition) is 3. The summed E-state index contributed by atoms with van der Waals surface area (Å²) < 4.78 is 1.69. The lowest BCUT2D eigenvalue weighted by atomic mass is 10.1. The SMILES string of the molecule is CC1CC(CN)CN1C(=O)c1cnn(-c2ccc(Cl)cc2)c1. The number of nitrogens with two attached hydrogens (primary N) is 1. The maximum absolute atomic E-state index is 12.6. The predicted octanol–water partition coefficient (Wildman–Crippen LogP) is 2.34. The number of likely N-dealkylation sites (tertiary alicyclic amines) is 1. The Morgan fingerprint density at radius 3 is 2.77 bits per heavy atom. The molecule has 1 fully saturated rings. The van der Waals surface area contributed by atoms with Crippen LogP contribution in [0.25, 0.3) is 5.69 Å². The van der Waals surface area contributed by atoms with Crippen LogP contribution in [0.4, 0.5) is 0 Å². The van der Waals surface area contributed by atoms with Gasteiger partial charge in [-0.3, -0.25) is 4.79 Å². The summed E-state index contributed by atoms with van der Waals surface area (Å²) in [6, 6.07) is 7.56. The van der Waals surface area contributed by atoms with E-state index in [4.69, 9.17) is 17.3 Å². The Labute approximate surface area is 134 Å². The molecule has 2 atom stereocenters. The Bertz CT molecular complexity index is 667. The lowest BCUT2D eigenvalue weighted by Crippen LogP contribution is -2.34. The van der Waals surface area contributed by atoms with Crippen molar-refractivity contribution < 1.29 is 4.79 Å². The van der Waals surface area contributed by atoms with E-state index in [-0.39, 0.29) is 11.9 Å². The molecule has 1 aliphatic heterocycles. The number of aromatic nitrogens is 2. The molecule has 22 heavy (non-hydrogen) atoms. The van der Waals surface area contributed by atoms with Crippen molar-refractivity contribution in [2.75, 3.05) is 13.1 Å². The second-order valence-electron chi connectivity index (χ2n) is 5.79. The number of carbonyl (C=O) groups excluding carboxylic acids is 1. The average Bonchev–Trinajstić information content (AvgIpc) is 3.14. The van der Waals surface area contributed by atoms with Crippen LogP contribution in [0.2, 0.25) is 5.02 Å². The first kappa shape index (κ1) is 15.1. The fourth-order valence-corrected chi connectivity index (χ4v) is 3.06. The van der Waals surface area contributed by atoms with Gasteiger partial charge >= 0.3 is 0 Å². The van der Waals surface area contributed by atoms with Crippen molar-refractivity contribution >= 4 is 17.5 Å². The lowest BCUT2D eigenvalue weighted by molar-refractivity contribution is 0.0743. The molecule has 6 heteroatoms. The maximum Gasteiger partial charge on any atom is 0.257 e. The topological polar surface area (TPSA) is 64.2 Å². The molecule has 2 aromatic rings. The molecule has 0 saturated carbocycles. The first-order chi connectivity index (χ1) is 10.6. The molecule has 1 aliphatic rings. The van der Waals surface area contributed by atoms with Gasteiger partial charge in [-0.15, -0.1) is 0 Å². The predicted molar refractivity (Wildman–Crippen MR) is 86.2 cm³/mol. The first-order valence-corrected chi connectivity index (χ1v) is 7.78. The van der Waals surface area contributed by atoms with Crippen LogP contribution in [0.1, 0.15) is 23.7 Å². The number of benzene rings is 1. The molecule has 0 spiro atoms. The van der Waals surface area contributed by atoms with Crippen molar-refractivity contribution in [1.82, 2.24) is 14.7 Å². The fraction of sp³-hybridized carbons (Fsp3) is 0.375. The van der Waals surface area contributed by atoms with Gasteiger partial charge in [0.25, 0.3) is 5.91 Å². The number of rotatable bonds is 3. The van der Waals surface area contributed by atoms with Crippen molar-refractivity contribution in [3.63, 3.8) is 0 Å². The Morgan fingerprint density at radius 2 is 2.14 bits per heavy atom. The molecule has 2 N–H and O–H groups in total. The van der Waals surface area contributed by atoms with Crippen LogP contribution < -0.4 is 5.73 Å². The molecule has 0 radical (unpaired) electrons. The molecule has 2 unspecified atom stereocenters. The molecule has 1 aromatic heterocycles. The molecule has 5 nitrogen and oxygen atoms in total. The van der Waals surface area contributed by atoms with Gasteiger partial charge in [0.2, 0.25) is 0 Å². The number of halogens is 1. The summed E-state index contributed by atoms with van der Waals surface area (Å²) in [5.74, 6) is 0.411. The van der Waals surface area contributed by atoms with Crippen molar-refractivity contribution in [2.45, 2.75) is 19.4 Å². The zero-order valence-electron chi connectivity index (χ0n) is 12.4. The minimum Gasteiger partial charge on any atom is -0.336 e. The largest absolute Gasteiger partial charge is 0.336 e. The van der Waals surface area contributed by atoms with Crippen molar-refractivity contribution in [3.05, 3.63) is 47.2 Å². The summed E-state index contributed by atoms with van der Waals surface area (Å²) in [6.45, 7) is 3.41. The van der Waals surface area contributed by atoms with Gasteiger partial charge in [-0.2, -0.15) is 5.10 Å². The average molecular weight is 319 g/mol. The first-order valence-electron chi connectivity index (χ1n) is 7.40. The molecule has 1 aromatic carbocycles. The van der Waals surface area contributed by atoms with Crippen molar-refractivity contribution in [2.24, 2.45) is 11.7 Å². The second-order valence-corrected chi connectivity index (χ2v) is 6.23. The molecule has 2 heterocycles. The van der Waals surface area contributed by atoms with E-state index in [0.29, 0.717) is 23.0 Å². The molecular weight excluding hydrogens is 300 g/mol. The van der Waals surface area contributed by atoms with Crippen LogP contribution in [-0.2, 0) is 0 Å². The monoisotopic (exact) mass is 318 g/mol. The minimum atomic E-state index is 0.0173. The van der Waals surface area contributed by atoms with Gasteiger partial charge in [-0.25, -0.2) is 4.68 Å². The lowest BCUT2D eigenvalue weighted by Gasteiger charge is -2.20. The molecular formula is C16H19ClN4O. The van der Waals surface area contributed by atoms with Gasteiger partial charge in [0.05, 0.1) is 17.4 Å². The van der Waals surface area contributed by atoms with E-state index in [2.05, 4.69) is 12.0 Å². The van der Waals surface area contributed by atoms with Crippen LogP contribution in [0.3, 0.4) is 0 Å². The second kappa shape index (κ2) is 6.10. The minimum absolute atomic E-state index is 0.0173. The zero-order chi connectivity index (χ0) is 15.7. The third-order valence-corrected chi connectivity index (χ3v) is 4.43. The Hall–Kier alpha value is -1.85. The van der Waals surface area contributed by atoms with E-state index in [1.165, 1.54) is 0 Å². The highest BCUT2D eigenvalue weighted by Gasteiger charge is 2.32. The van der Waals surface area contributed by atoms with E-state index >= 15 is 0 Å². The van der Waals surface area contributed by atoms with Gasteiger partial charge in [0, 0.05) is 23.8 Å². The number of carbonyl (C=O) groups is 1.